The fraction of sp³-hybridized carbons (Fsp3) is 0.571. The lowest BCUT2D eigenvalue weighted by atomic mass is 10.3. The summed E-state index contributed by atoms with van der Waals surface area (Å²) in [5.41, 5.74) is 0. The summed E-state index contributed by atoms with van der Waals surface area (Å²) < 4.78 is 24.9. The van der Waals surface area contributed by atoms with Gasteiger partial charge in [0.1, 0.15) is 0 Å². The molecular formula is C7H7F2NO. The number of hydrogen-bond acceptors (Lipinski definition) is 1. The number of alkyl halides is 2. The molecule has 0 aromatic heterocycles. The van der Waals surface area contributed by atoms with Crippen LogP contribution >= 0.6 is 0 Å². The van der Waals surface area contributed by atoms with Gasteiger partial charge in [-0.25, -0.2) is 8.78 Å². The lowest BCUT2D eigenvalue weighted by Crippen LogP contribution is -2.30. The van der Waals surface area contributed by atoms with Crippen molar-refractivity contribution in [1.82, 2.24) is 4.90 Å². The average Bonchev–Trinajstić information content (AvgIpc) is 2.29. The van der Waals surface area contributed by atoms with E-state index < -0.39 is 18.4 Å². The number of carbonyl (C=O) groups is 1. The second-order valence-electron chi connectivity index (χ2n) is 2.48. The summed E-state index contributed by atoms with van der Waals surface area (Å²) >= 11 is 0. The van der Waals surface area contributed by atoms with Gasteiger partial charge in [0.2, 0.25) is 0 Å². The Balaban J connectivity index is 2.57. The molecule has 0 unspecified atom stereocenters. The lowest BCUT2D eigenvalue weighted by Gasteiger charge is -2.11. The monoisotopic (exact) mass is 159 g/mol. The van der Waals surface area contributed by atoms with Gasteiger partial charge >= 0.3 is 0 Å². The molecule has 0 N–H and O–H groups in total. The first kappa shape index (κ1) is 7.99. The van der Waals surface area contributed by atoms with E-state index in [2.05, 4.69) is 0 Å². The standard InChI is InChI=1S/C7H7F2NO/c1-2-6(11)10-4-3-7(8,9)5-10/h1H,3-5H2. The summed E-state index contributed by atoms with van der Waals surface area (Å²) in [6, 6.07) is 0. The Kier molecular flexibility index (Phi) is 1.81. The zero-order valence-corrected chi connectivity index (χ0v) is 5.81. The third kappa shape index (κ3) is 1.67. The highest BCUT2D eigenvalue weighted by molar-refractivity contribution is 5.93. The predicted octanol–water partition coefficient (Wildman–Crippen LogP) is 0.487. The first-order chi connectivity index (χ1) is 5.05. The molecule has 0 aromatic carbocycles. The van der Waals surface area contributed by atoms with Crippen LogP contribution in [0.3, 0.4) is 0 Å². The van der Waals surface area contributed by atoms with E-state index in [-0.39, 0.29) is 13.0 Å². The molecule has 1 amide bonds. The van der Waals surface area contributed by atoms with E-state index in [0.29, 0.717) is 0 Å². The fourth-order valence-electron chi connectivity index (χ4n) is 1.00. The minimum Gasteiger partial charge on any atom is -0.326 e. The molecule has 60 valence electrons. The number of nitrogens with zero attached hydrogens (tertiary/aromatic N) is 1. The molecule has 1 aliphatic rings. The Morgan fingerprint density at radius 3 is 2.64 bits per heavy atom. The fourth-order valence-corrected chi connectivity index (χ4v) is 1.00. The van der Waals surface area contributed by atoms with Gasteiger partial charge in [-0.05, 0) is 5.92 Å². The maximum absolute atomic E-state index is 12.4. The van der Waals surface area contributed by atoms with E-state index in [1.165, 1.54) is 0 Å². The second kappa shape index (κ2) is 2.50. The van der Waals surface area contributed by atoms with Crippen molar-refractivity contribution in [2.45, 2.75) is 12.3 Å². The Hall–Kier alpha value is -1.11. The van der Waals surface area contributed by atoms with Crippen LogP contribution in [0.15, 0.2) is 0 Å². The Morgan fingerprint density at radius 2 is 2.27 bits per heavy atom. The van der Waals surface area contributed by atoms with Crippen LogP contribution in [0, 0.1) is 12.3 Å². The molecule has 1 heterocycles. The van der Waals surface area contributed by atoms with E-state index in [1.807, 2.05) is 0 Å². The topological polar surface area (TPSA) is 20.3 Å². The van der Waals surface area contributed by atoms with Gasteiger partial charge in [-0.15, -0.1) is 6.42 Å². The predicted molar refractivity (Wildman–Crippen MR) is 35.0 cm³/mol. The number of carbonyl (C=O) groups excluding carboxylic acids is 1. The smallest absolute Gasteiger partial charge is 0.298 e. The maximum Gasteiger partial charge on any atom is 0.298 e. The van der Waals surface area contributed by atoms with E-state index in [4.69, 9.17) is 6.42 Å². The molecule has 0 spiro atoms. The van der Waals surface area contributed by atoms with Gasteiger partial charge in [0.15, 0.2) is 0 Å². The Labute approximate surface area is 63.2 Å². The molecular weight excluding hydrogens is 152 g/mol. The molecule has 0 aromatic rings. The van der Waals surface area contributed by atoms with Crippen LogP contribution in [-0.4, -0.2) is 29.8 Å². The van der Waals surface area contributed by atoms with Crippen LogP contribution < -0.4 is 0 Å². The normalized spacial score (nSPS) is 21.4. The Morgan fingerprint density at radius 1 is 1.64 bits per heavy atom. The van der Waals surface area contributed by atoms with E-state index in [1.54, 1.807) is 5.92 Å². The minimum atomic E-state index is -2.74. The first-order valence-electron chi connectivity index (χ1n) is 3.18. The van der Waals surface area contributed by atoms with Crippen LogP contribution in [0.25, 0.3) is 0 Å². The summed E-state index contributed by atoms with van der Waals surface area (Å²) in [4.78, 5) is 11.6. The average molecular weight is 159 g/mol. The molecule has 2 nitrogen and oxygen atoms in total. The van der Waals surface area contributed by atoms with Gasteiger partial charge in [-0.3, -0.25) is 4.79 Å². The molecule has 0 saturated carbocycles. The van der Waals surface area contributed by atoms with E-state index >= 15 is 0 Å². The van der Waals surface area contributed by atoms with Crippen molar-refractivity contribution in [3.63, 3.8) is 0 Å². The molecule has 0 bridgehead atoms. The molecule has 0 atom stereocenters. The number of terminal acetylenes is 1. The van der Waals surface area contributed by atoms with Crippen LogP contribution in [0.5, 0.6) is 0 Å². The molecule has 0 radical (unpaired) electrons. The zero-order chi connectivity index (χ0) is 8.48. The second-order valence-corrected chi connectivity index (χ2v) is 2.48. The molecule has 4 heteroatoms. The third-order valence-electron chi connectivity index (χ3n) is 1.58. The van der Waals surface area contributed by atoms with E-state index in [0.717, 1.165) is 4.90 Å². The highest BCUT2D eigenvalue weighted by atomic mass is 19.3. The van der Waals surface area contributed by atoms with Gasteiger partial charge in [0.05, 0.1) is 6.54 Å². The summed E-state index contributed by atoms with van der Waals surface area (Å²) in [7, 11) is 0. The number of rotatable bonds is 0. The summed E-state index contributed by atoms with van der Waals surface area (Å²) in [6.07, 6.45) is 4.48. The van der Waals surface area contributed by atoms with Gasteiger partial charge in [0, 0.05) is 13.0 Å². The molecule has 1 saturated heterocycles. The summed E-state index contributed by atoms with van der Waals surface area (Å²) in [5.74, 6) is -1.60. The van der Waals surface area contributed by atoms with Gasteiger partial charge < -0.3 is 4.90 Å². The molecule has 1 aliphatic heterocycles. The van der Waals surface area contributed by atoms with Crippen molar-refractivity contribution >= 4 is 5.91 Å². The number of likely N-dealkylation sites (tertiary alicyclic amines) is 1. The van der Waals surface area contributed by atoms with Gasteiger partial charge in [0.25, 0.3) is 11.8 Å². The Bertz CT molecular complexity index is 219. The highest BCUT2D eigenvalue weighted by Gasteiger charge is 2.39. The van der Waals surface area contributed by atoms with E-state index in [9.17, 15) is 13.6 Å². The van der Waals surface area contributed by atoms with Crippen molar-refractivity contribution in [2.24, 2.45) is 0 Å². The van der Waals surface area contributed by atoms with Crippen LogP contribution in [0.4, 0.5) is 8.78 Å². The number of halogens is 2. The highest BCUT2D eigenvalue weighted by Crippen LogP contribution is 2.26. The third-order valence-corrected chi connectivity index (χ3v) is 1.58. The largest absolute Gasteiger partial charge is 0.326 e. The maximum atomic E-state index is 12.4. The van der Waals surface area contributed by atoms with Crippen LogP contribution in [0.2, 0.25) is 0 Å². The summed E-state index contributed by atoms with van der Waals surface area (Å²) in [5, 5.41) is 0. The molecule has 1 rings (SSSR count). The minimum absolute atomic E-state index is 0.0655. The zero-order valence-electron chi connectivity index (χ0n) is 5.81. The van der Waals surface area contributed by atoms with Crippen LogP contribution in [0.1, 0.15) is 6.42 Å². The molecule has 0 aliphatic carbocycles. The van der Waals surface area contributed by atoms with Gasteiger partial charge in [-0.2, -0.15) is 0 Å². The number of hydrogen-bond donors (Lipinski definition) is 0. The molecule has 11 heavy (non-hydrogen) atoms. The first-order valence-corrected chi connectivity index (χ1v) is 3.18. The summed E-state index contributed by atoms with van der Waals surface area (Å²) in [6.45, 7) is -0.466. The van der Waals surface area contributed by atoms with Gasteiger partial charge in [-0.1, -0.05) is 0 Å². The van der Waals surface area contributed by atoms with Crippen molar-refractivity contribution in [3.05, 3.63) is 0 Å². The molecule has 1 fully saturated rings. The quantitative estimate of drug-likeness (QED) is 0.471. The SMILES string of the molecule is C#CC(=O)N1CCC(F)(F)C1. The van der Waals surface area contributed by atoms with Crippen molar-refractivity contribution in [1.29, 1.82) is 0 Å². The van der Waals surface area contributed by atoms with Crippen molar-refractivity contribution in [3.8, 4) is 12.3 Å². The van der Waals surface area contributed by atoms with Crippen molar-refractivity contribution < 1.29 is 13.6 Å². The van der Waals surface area contributed by atoms with Crippen molar-refractivity contribution in [2.75, 3.05) is 13.1 Å². The number of amides is 1. The van der Waals surface area contributed by atoms with Crippen LogP contribution in [-0.2, 0) is 4.79 Å². The lowest BCUT2D eigenvalue weighted by molar-refractivity contribution is -0.125.